The molecule has 0 saturated heterocycles. The summed E-state index contributed by atoms with van der Waals surface area (Å²) in [5.41, 5.74) is 1.49. The molecule has 0 aliphatic heterocycles. The molecular formula is C16H27NO2S. The largest absolute Gasteiger partial charge is 0.493 e. The van der Waals surface area contributed by atoms with Gasteiger partial charge in [-0.05, 0) is 36.3 Å². The number of thioether (sulfide) groups is 1. The average Bonchev–Trinajstić information content (AvgIpc) is 2.42. The minimum Gasteiger partial charge on any atom is -0.493 e. The van der Waals surface area contributed by atoms with Crippen molar-refractivity contribution >= 4 is 11.8 Å². The molecule has 1 unspecified atom stereocenters. The Bertz CT molecular complexity index is 441. The molecule has 0 spiro atoms. The van der Waals surface area contributed by atoms with Crippen LogP contribution >= 0.6 is 11.8 Å². The Balaban J connectivity index is 2.94. The number of ether oxygens (including phenoxy) is 2. The highest BCUT2D eigenvalue weighted by Gasteiger charge is 2.20. The molecule has 114 valence electrons. The molecule has 0 fully saturated rings. The fourth-order valence-corrected chi connectivity index (χ4v) is 2.42. The van der Waals surface area contributed by atoms with Crippen molar-refractivity contribution in [3.8, 4) is 11.5 Å². The number of benzene rings is 1. The molecule has 20 heavy (non-hydrogen) atoms. The van der Waals surface area contributed by atoms with Crippen molar-refractivity contribution < 1.29 is 9.47 Å². The first-order valence-corrected chi connectivity index (χ1v) is 8.08. The van der Waals surface area contributed by atoms with E-state index in [1.54, 1.807) is 26.0 Å². The van der Waals surface area contributed by atoms with Crippen LogP contribution in [0.5, 0.6) is 11.5 Å². The van der Waals surface area contributed by atoms with Crippen molar-refractivity contribution in [1.82, 2.24) is 5.32 Å². The van der Waals surface area contributed by atoms with Gasteiger partial charge in [-0.1, -0.05) is 20.8 Å². The molecule has 0 bridgehead atoms. The van der Waals surface area contributed by atoms with Crippen LogP contribution < -0.4 is 14.8 Å². The van der Waals surface area contributed by atoms with Crippen molar-refractivity contribution in [2.24, 2.45) is 5.41 Å². The Morgan fingerprint density at radius 3 is 2.15 bits per heavy atom. The Labute approximate surface area is 127 Å². The summed E-state index contributed by atoms with van der Waals surface area (Å²) in [5, 5.41) is 3.59. The minimum atomic E-state index is 0.246. The second-order valence-electron chi connectivity index (χ2n) is 5.99. The second kappa shape index (κ2) is 7.23. The number of nitrogens with one attached hydrogen (secondary N) is 1. The molecule has 0 radical (unpaired) electrons. The molecule has 1 atom stereocenters. The normalized spacial score (nSPS) is 13.2. The monoisotopic (exact) mass is 297 g/mol. The molecule has 0 amide bonds. The van der Waals surface area contributed by atoms with Gasteiger partial charge in [-0.15, -0.1) is 11.8 Å². The molecule has 0 aliphatic rings. The zero-order chi connectivity index (χ0) is 15.3. The first-order chi connectivity index (χ1) is 9.33. The van der Waals surface area contributed by atoms with Crippen LogP contribution in [0.3, 0.4) is 0 Å². The standard InChI is InChI=1S/C16H27NO2S/c1-11(16(2,3)4)17-10-12-8-13(18-5)14(19-6)9-15(12)20-7/h8-9,11,17H,10H2,1-7H3. The van der Waals surface area contributed by atoms with E-state index < -0.39 is 0 Å². The first-order valence-electron chi connectivity index (χ1n) is 6.85. The third-order valence-electron chi connectivity index (χ3n) is 3.68. The van der Waals surface area contributed by atoms with Crippen LogP contribution in [0.4, 0.5) is 0 Å². The van der Waals surface area contributed by atoms with Gasteiger partial charge in [0, 0.05) is 17.5 Å². The van der Waals surface area contributed by atoms with Crippen LogP contribution in [-0.2, 0) is 6.54 Å². The van der Waals surface area contributed by atoms with Crippen LogP contribution in [0, 0.1) is 5.41 Å². The van der Waals surface area contributed by atoms with Gasteiger partial charge < -0.3 is 14.8 Å². The van der Waals surface area contributed by atoms with Gasteiger partial charge in [0.15, 0.2) is 11.5 Å². The summed E-state index contributed by atoms with van der Waals surface area (Å²) in [6.07, 6.45) is 2.08. The lowest BCUT2D eigenvalue weighted by Crippen LogP contribution is -2.37. The van der Waals surface area contributed by atoms with Crippen molar-refractivity contribution in [2.75, 3.05) is 20.5 Å². The van der Waals surface area contributed by atoms with E-state index in [4.69, 9.17) is 9.47 Å². The molecule has 0 aromatic heterocycles. The lowest BCUT2D eigenvalue weighted by Gasteiger charge is -2.28. The number of hydrogen-bond acceptors (Lipinski definition) is 4. The molecule has 0 saturated carbocycles. The first kappa shape index (κ1) is 17.2. The fourth-order valence-electron chi connectivity index (χ4n) is 1.80. The van der Waals surface area contributed by atoms with E-state index >= 15 is 0 Å². The summed E-state index contributed by atoms with van der Waals surface area (Å²) < 4.78 is 10.7. The zero-order valence-corrected chi connectivity index (χ0v) is 14.5. The van der Waals surface area contributed by atoms with Gasteiger partial charge in [-0.2, -0.15) is 0 Å². The summed E-state index contributed by atoms with van der Waals surface area (Å²) >= 11 is 1.73. The van der Waals surface area contributed by atoms with Gasteiger partial charge in [-0.3, -0.25) is 0 Å². The van der Waals surface area contributed by atoms with Crippen molar-refractivity contribution in [2.45, 2.75) is 45.2 Å². The minimum absolute atomic E-state index is 0.246. The van der Waals surface area contributed by atoms with E-state index in [-0.39, 0.29) is 5.41 Å². The van der Waals surface area contributed by atoms with Crippen molar-refractivity contribution in [3.63, 3.8) is 0 Å². The van der Waals surface area contributed by atoms with E-state index in [1.807, 2.05) is 6.07 Å². The third kappa shape index (κ3) is 4.32. The number of methoxy groups -OCH3 is 2. The van der Waals surface area contributed by atoms with Crippen molar-refractivity contribution in [3.05, 3.63) is 17.7 Å². The van der Waals surface area contributed by atoms with Gasteiger partial charge in [0.1, 0.15) is 0 Å². The van der Waals surface area contributed by atoms with E-state index in [9.17, 15) is 0 Å². The quantitative estimate of drug-likeness (QED) is 0.805. The van der Waals surface area contributed by atoms with Gasteiger partial charge in [-0.25, -0.2) is 0 Å². The van der Waals surface area contributed by atoms with Gasteiger partial charge in [0.25, 0.3) is 0 Å². The maximum absolute atomic E-state index is 5.39. The Morgan fingerprint density at radius 2 is 1.70 bits per heavy atom. The maximum atomic E-state index is 5.39. The maximum Gasteiger partial charge on any atom is 0.161 e. The Morgan fingerprint density at radius 1 is 1.15 bits per heavy atom. The van der Waals surface area contributed by atoms with Gasteiger partial charge in [0.05, 0.1) is 14.2 Å². The third-order valence-corrected chi connectivity index (χ3v) is 4.50. The predicted molar refractivity (Wildman–Crippen MR) is 87.1 cm³/mol. The van der Waals surface area contributed by atoms with Crippen molar-refractivity contribution in [1.29, 1.82) is 0 Å². The number of hydrogen-bond donors (Lipinski definition) is 1. The van der Waals surface area contributed by atoms with Crippen LogP contribution in [0.15, 0.2) is 17.0 Å². The zero-order valence-electron chi connectivity index (χ0n) is 13.7. The molecule has 1 N–H and O–H groups in total. The van der Waals surface area contributed by atoms with Crippen LogP contribution in [0.2, 0.25) is 0 Å². The molecule has 1 rings (SSSR count). The predicted octanol–water partition coefficient (Wildman–Crippen LogP) is 3.95. The van der Waals surface area contributed by atoms with Crippen LogP contribution in [0.1, 0.15) is 33.3 Å². The van der Waals surface area contributed by atoms with Crippen LogP contribution in [0.25, 0.3) is 0 Å². The van der Waals surface area contributed by atoms with E-state index in [0.717, 1.165) is 18.0 Å². The molecule has 3 nitrogen and oxygen atoms in total. The average molecular weight is 297 g/mol. The fraction of sp³-hybridized carbons (Fsp3) is 0.625. The smallest absolute Gasteiger partial charge is 0.161 e. The highest BCUT2D eigenvalue weighted by Crippen LogP contribution is 2.34. The summed E-state index contributed by atoms with van der Waals surface area (Å²) in [6, 6.07) is 4.54. The summed E-state index contributed by atoms with van der Waals surface area (Å²) in [4.78, 5) is 1.22. The molecular weight excluding hydrogens is 270 g/mol. The van der Waals surface area contributed by atoms with E-state index in [1.165, 1.54) is 10.5 Å². The van der Waals surface area contributed by atoms with Gasteiger partial charge in [0.2, 0.25) is 0 Å². The lowest BCUT2D eigenvalue weighted by molar-refractivity contribution is 0.284. The van der Waals surface area contributed by atoms with Gasteiger partial charge >= 0.3 is 0 Å². The summed E-state index contributed by atoms with van der Waals surface area (Å²) in [7, 11) is 3.34. The second-order valence-corrected chi connectivity index (χ2v) is 6.84. The highest BCUT2D eigenvalue weighted by atomic mass is 32.2. The summed E-state index contributed by atoms with van der Waals surface area (Å²) in [5.74, 6) is 1.56. The topological polar surface area (TPSA) is 30.5 Å². The molecule has 0 aliphatic carbocycles. The summed E-state index contributed by atoms with van der Waals surface area (Å²) in [6.45, 7) is 9.78. The van der Waals surface area contributed by atoms with E-state index in [2.05, 4.69) is 45.3 Å². The highest BCUT2D eigenvalue weighted by molar-refractivity contribution is 7.98. The Hall–Kier alpha value is -0.870. The molecule has 1 aromatic carbocycles. The van der Waals surface area contributed by atoms with E-state index in [0.29, 0.717) is 6.04 Å². The SMILES string of the molecule is COc1cc(CNC(C)C(C)(C)C)c(SC)cc1OC. The molecule has 4 heteroatoms. The lowest BCUT2D eigenvalue weighted by atomic mass is 9.88. The molecule has 0 heterocycles. The Kier molecular flexibility index (Phi) is 6.21. The number of rotatable bonds is 6. The van der Waals surface area contributed by atoms with Crippen LogP contribution in [-0.4, -0.2) is 26.5 Å². The molecule has 1 aromatic rings.